The third-order valence-electron chi connectivity index (χ3n) is 5.97. The maximum absolute atomic E-state index is 12.5. The van der Waals surface area contributed by atoms with Crippen LogP contribution >= 0.6 is 0 Å². The number of amides is 1. The Hall–Kier alpha value is -0.570. The Labute approximate surface area is 123 Å². The molecule has 0 aromatic carbocycles. The molecule has 3 nitrogen and oxygen atoms in total. The van der Waals surface area contributed by atoms with E-state index >= 15 is 0 Å². The van der Waals surface area contributed by atoms with Gasteiger partial charge in [-0.2, -0.15) is 0 Å². The highest BCUT2D eigenvalue weighted by Crippen LogP contribution is 2.37. The summed E-state index contributed by atoms with van der Waals surface area (Å²) in [4.78, 5) is 14.8. The van der Waals surface area contributed by atoms with Crippen LogP contribution in [-0.4, -0.2) is 29.4 Å². The second-order valence-electron chi connectivity index (χ2n) is 7.31. The molecule has 2 atom stereocenters. The van der Waals surface area contributed by atoms with E-state index in [4.69, 9.17) is 5.73 Å². The molecule has 2 saturated carbocycles. The molecule has 0 aromatic heterocycles. The number of nitrogens with two attached hydrogens (primary N) is 1. The van der Waals surface area contributed by atoms with Gasteiger partial charge in [0.2, 0.25) is 5.91 Å². The van der Waals surface area contributed by atoms with Gasteiger partial charge >= 0.3 is 0 Å². The molecule has 3 aliphatic rings. The quantitative estimate of drug-likeness (QED) is 0.862. The number of hydrogen-bond acceptors (Lipinski definition) is 2. The fourth-order valence-electron chi connectivity index (χ4n) is 4.71. The van der Waals surface area contributed by atoms with Crippen molar-refractivity contribution in [2.75, 3.05) is 6.54 Å². The van der Waals surface area contributed by atoms with Gasteiger partial charge in [-0.15, -0.1) is 0 Å². The van der Waals surface area contributed by atoms with E-state index in [1.165, 1.54) is 44.9 Å². The van der Waals surface area contributed by atoms with Gasteiger partial charge in [-0.3, -0.25) is 4.79 Å². The van der Waals surface area contributed by atoms with E-state index in [9.17, 15) is 4.79 Å². The molecule has 0 bridgehead atoms. The summed E-state index contributed by atoms with van der Waals surface area (Å²) in [6.07, 6.45) is 13.2. The van der Waals surface area contributed by atoms with E-state index in [2.05, 4.69) is 4.90 Å². The molecule has 2 unspecified atom stereocenters. The van der Waals surface area contributed by atoms with Gasteiger partial charge < -0.3 is 10.6 Å². The van der Waals surface area contributed by atoms with Gasteiger partial charge in [0, 0.05) is 25.0 Å². The van der Waals surface area contributed by atoms with Gasteiger partial charge in [-0.25, -0.2) is 0 Å². The molecule has 20 heavy (non-hydrogen) atoms. The first-order valence-electron chi connectivity index (χ1n) is 8.79. The molecule has 3 fully saturated rings. The Morgan fingerprint density at radius 1 is 1.00 bits per heavy atom. The highest BCUT2D eigenvalue weighted by atomic mass is 16.2. The van der Waals surface area contributed by atoms with Crippen molar-refractivity contribution in [2.45, 2.75) is 82.7 Å². The minimum absolute atomic E-state index is 0.420. The van der Waals surface area contributed by atoms with Crippen LogP contribution in [0.15, 0.2) is 0 Å². The summed E-state index contributed by atoms with van der Waals surface area (Å²) < 4.78 is 0. The van der Waals surface area contributed by atoms with Crippen LogP contribution in [0.3, 0.4) is 0 Å². The van der Waals surface area contributed by atoms with Crippen LogP contribution in [0.1, 0.15) is 70.6 Å². The largest absolute Gasteiger partial charge is 0.339 e. The Morgan fingerprint density at radius 3 is 2.55 bits per heavy atom. The number of piperidine rings is 1. The van der Waals surface area contributed by atoms with Gasteiger partial charge in [0.1, 0.15) is 0 Å². The number of likely N-dealkylation sites (tertiary alicyclic amines) is 1. The zero-order chi connectivity index (χ0) is 13.9. The maximum atomic E-state index is 12.5. The van der Waals surface area contributed by atoms with Crippen molar-refractivity contribution < 1.29 is 4.79 Å². The molecule has 114 valence electrons. The molecule has 1 amide bonds. The second-order valence-corrected chi connectivity index (χ2v) is 7.31. The second kappa shape index (κ2) is 6.46. The average Bonchev–Trinajstić information content (AvgIpc) is 2.94. The Balaban J connectivity index is 1.46. The van der Waals surface area contributed by atoms with Gasteiger partial charge in [0.15, 0.2) is 0 Å². The standard InChI is InChI=1S/C17H30N2O/c18-15-9-6-13(7-10-15)8-11-17(20)19-12-2-4-14-3-1-5-16(14)19/h13-16H,1-12,18H2. The number of carbonyl (C=O) groups is 1. The first-order chi connectivity index (χ1) is 9.74. The van der Waals surface area contributed by atoms with E-state index in [-0.39, 0.29) is 0 Å². The molecule has 1 saturated heterocycles. The number of carbonyl (C=O) groups excluding carboxylic acids is 1. The molecule has 1 heterocycles. The van der Waals surface area contributed by atoms with Crippen molar-refractivity contribution in [2.24, 2.45) is 17.6 Å². The molecule has 0 spiro atoms. The summed E-state index contributed by atoms with van der Waals surface area (Å²) >= 11 is 0. The Kier molecular flexibility index (Phi) is 4.65. The maximum Gasteiger partial charge on any atom is 0.222 e. The lowest BCUT2D eigenvalue weighted by atomic mass is 9.83. The first kappa shape index (κ1) is 14.4. The smallest absolute Gasteiger partial charge is 0.222 e. The Morgan fingerprint density at radius 2 is 1.75 bits per heavy atom. The van der Waals surface area contributed by atoms with Crippen molar-refractivity contribution in [1.29, 1.82) is 0 Å². The predicted molar refractivity (Wildman–Crippen MR) is 81.2 cm³/mol. The summed E-state index contributed by atoms with van der Waals surface area (Å²) in [6.45, 7) is 1.02. The lowest BCUT2D eigenvalue weighted by molar-refractivity contribution is -0.136. The summed E-state index contributed by atoms with van der Waals surface area (Å²) in [5.74, 6) is 2.01. The minimum atomic E-state index is 0.420. The monoisotopic (exact) mass is 278 g/mol. The molecule has 3 heteroatoms. The molecule has 0 aromatic rings. The van der Waals surface area contributed by atoms with Crippen LogP contribution in [-0.2, 0) is 4.79 Å². The fourth-order valence-corrected chi connectivity index (χ4v) is 4.71. The first-order valence-corrected chi connectivity index (χ1v) is 8.79. The van der Waals surface area contributed by atoms with E-state index in [1.54, 1.807) is 0 Å². The molecular formula is C17H30N2O. The van der Waals surface area contributed by atoms with Crippen LogP contribution in [0, 0.1) is 11.8 Å². The van der Waals surface area contributed by atoms with E-state index in [0.717, 1.165) is 44.1 Å². The molecular weight excluding hydrogens is 248 g/mol. The fraction of sp³-hybridized carbons (Fsp3) is 0.941. The van der Waals surface area contributed by atoms with Gasteiger partial charge in [-0.05, 0) is 69.6 Å². The van der Waals surface area contributed by atoms with Crippen LogP contribution < -0.4 is 5.73 Å². The highest BCUT2D eigenvalue weighted by molar-refractivity contribution is 5.76. The topological polar surface area (TPSA) is 46.3 Å². The predicted octanol–water partition coefficient (Wildman–Crippen LogP) is 3.08. The molecule has 2 N–H and O–H groups in total. The number of rotatable bonds is 3. The van der Waals surface area contributed by atoms with Crippen LogP contribution in [0.4, 0.5) is 0 Å². The average molecular weight is 278 g/mol. The van der Waals surface area contributed by atoms with Crippen molar-refractivity contribution in [3.8, 4) is 0 Å². The zero-order valence-corrected chi connectivity index (χ0v) is 12.7. The van der Waals surface area contributed by atoms with E-state index < -0.39 is 0 Å². The Bertz CT molecular complexity index is 336. The third kappa shape index (κ3) is 3.19. The van der Waals surface area contributed by atoms with Crippen LogP contribution in [0.2, 0.25) is 0 Å². The van der Waals surface area contributed by atoms with Crippen molar-refractivity contribution in [3.63, 3.8) is 0 Å². The molecule has 3 rings (SSSR count). The van der Waals surface area contributed by atoms with E-state index in [0.29, 0.717) is 18.0 Å². The van der Waals surface area contributed by atoms with Crippen LogP contribution in [0.5, 0.6) is 0 Å². The summed E-state index contributed by atoms with van der Waals surface area (Å²) in [5.41, 5.74) is 5.95. The summed E-state index contributed by atoms with van der Waals surface area (Å²) in [6, 6.07) is 1.01. The van der Waals surface area contributed by atoms with Crippen LogP contribution in [0.25, 0.3) is 0 Å². The molecule has 1 aliphatic heterocycles. The number of nitrogens with zero attached hydrogens (tertiary/aromatic N) is 1. The SMILES string of the molecule is NC1CCC(CCC(=O)N2CCCC3CCCC32)CC1. The van der Waals surface area contributed by atoms with Gasteiger partial charge in [0.25, 0.3) is 0 Å². The summed E-state index contributed by atoms with van der Waals surface area (Å²) in [5, 5.41) is 0. The van der Waals surface area contributed by atoms with Gasteiger partial charge in [0.05, 0.1) is 0 Å². The van der Waals surface area contributed by atoms with E-state index in [1.807, 2.05) is 0 Å². The van der Waals surface area contributed by atoms with Crippen molar-refractivity contribution in [3.05, 3.63) is 0 Å². The number of fused-ring (bicyclic) bond motifs is 1. The van der Waals surface area contributed by atoms with Gasteiger partial charge in [-0.1, -0.05) is 6.42 Å². The zero-order valence-electron chi connectivity index (χ0n) is 12.7. The highest BCUT2D eigenvalue weighted by Gasteiger charge is 2.37. The third-order valence-corrected chi connectivity index (χ3v) is 5.97. The minimum Gasteiger partial charge on any atom is -0.339 e. The number of hydrogen-bond donors (Lipinski definition) is 1. The van der Waals surface area contributed by atoms with Crippen molar-refractivity contribution in [1.82, 2.24) is 4.90 Å². The molecule has 0 radical (unpaired) electrons. The summed E-state index contributed by atoms with van der Waals surface area (Å²) in [7, 11) is 0. The van der Waals surface area contributed by atoms with Crippen molar-refractivity contribution >= 4 is 5.91 Å². The molecule has 2 aliphatic carbocycles. The lowest BCUT2D eigenvalue weighted by Crippen LogP contribution is -2.46. The normalized spacial score (nSPS) is 37.8. The lowest BCUT2D eigenvalue weighted by Gasteiger charge is -2.38.